The lowest BCUT2D eigenvalue weighted by molar-refractivity contribution is 0.324. The van der Waals surface area contributed by atoms with Crippen LogP contribution in [0.1, 0.15) is 26.5 Å². The molecule has 0 unspecified atom stereocenters. The van der Waals surface area contributed by atoms with E-state index in [1.807, 2.05) is 18.2 Å². The van der Waals surface area contributed by atoms with Crippen LogP contribution < -0.4 is 0 Å². The Morgan fingerprint density at radius 1 is 1.25 bits per heavy atom. The minimum atomic E-state index is -1.60. The average molecular weight is 236 g/mol. The summed E-state index contributed by atoms with van der Waals surface area (Å²) in [6, 6.07) is 9.08. The fourth-order valence-corrected chi connectivity index (χ4v) is 3.75. The summed E-state index contributed by atoms with van der Waals surface area (Å²) >= 11 is 0. The minimum Gasteiger partial charge on any atom is -0.455 e. The third kappa shape index (κ3) is 3.45. The molecule has 0 spiro atoms. The van der Waals surface area contributed by atoms with Crippen molar-refractivity contribution in [2.45, 2.75) is 38.9 Å². The first-order valence-corrected chi connectivity index (χ1v) is 8.42. The lowest BCUT2D eigenvalue weighted by Gasteiger charge is -2.23. The lowest BCUT2D eigenvalue weighted by Crippen LogP contribution is -2.33. The summed E-state index contributed by atoms with van der Waals surface area (Å²) in [6.45, 7) is 6.57. The Morgan fingerprint density at radius 2 is 1.94 bits per heavy atom. The summed E-state index contributed by atoms with van der Waals surface area (Å²) in [4.78, 5) is 4.16. The molecule has 0 atom stereocenters. The van der Waals surface area contributed by atoms with Gasteiger partial charge in [0.25, 0.3) is 8.32 Å². The lowest BCUT2D eigenvalue weighted by atomic mass is 10.4. The largest absolute Gasteiger partial charge is 0.455 e. The Kier molecular flexibility index (Phi) is 5.18. The zero-order valence-corrected chi connectivity index (χ0v) is 11.3. The van der Waals surface area contributed by atoms with Crippen LogP contribution in [0.4, 0.5) is 0 Å². The number of hydrogen-bond acceptors (Lipinski definition) is 3. The molecule has 1 heterocycles. The molecule has 0 saturated heterocycles. The molecular weight excluding hydrogens is 216 g/mol. The van der Waals surface area contributed by atoms with Gasteiger partial charge in [0.1, 0.15) is 0 Å². The Bertz CT molecular complexity index is 315. The highest BCUT2D eigenvalue weighted by Gasteiger charge is 2.31. The standard InChI is InChI=1S/C12H20N2OSi/c1-4-16(5-2,6-3)15-14-11-12-9-7-8-10-13-12/h7-11H,4-6H2,1-3H3. The highest BCUT2D eigenvalue weighted by molar-refractivity contribution is 6.73. The van der Waals surface area contributed by atoms with Crippen LogP contribution >= 0.6 is 0 Å². The van der Waals surface area contributed by atoms with Crippen molar-refractivity contribution in [3.8, 4) is 0 Å². The van der Waals surface area contributed by atoms with Gasteiger partial charge in [-0.05, 0) is 30.3 Å². The molecule has 1 rings (SSSR count). The van der Waals surface area contributed by atoms with Gasteiger partial charge in [0.2, 0.25) is 0 Å². The molecule has 88 valence electrons. The van der Waals surface area contributed by atoms with Crippen molar-refractivity contribution in [1.29, 1.82) is 0 Å². The van der Waals surface area contributed by atoms with Gasteiger partial charge < -0.3 is 4.53 Å². The van der Waals surface area contributed by atoms with Gasteiger partial charge in [0.05, 0.1) is 11.9 Å². The number of rotatable bonds is 6. The van der Waals surface area contributed by atoms with Crippen molar-refractivity contribution in [3.05, 3.63) is 30.1 Å². The molecule has 0 aliphatic carbocycles. The second-order valence-electron chi connectivity index (χ2n) is 3.82. The number of hydrogen-bond donors (Lipinski definition) is 0. The van der Waals surface area contributed by atoms with Crippen molar-refractivity contribution in [2.24, 2.45) is 5.16 Å². The van der Waals surface area contributed by atoms with Crippen LogP contribution in [-0.2, 0) is 4.53 Å². The first-order chi connectivity index (χ1) is 7.76. The first-order valence-electron chi connectivity index (χ1n) is 5.89. The average Bonchev–Trinajstić information content (AvgIpc) is 2.37. The van der Waals surface area contributed by atoms with Gasteiger partial charge in [-0.2, -0.15) is 0 Å². The molecule has 0 aromatic carbocycles. The predicted octanol–water partition coefficient (Wildman–Crippen LogP) is 3.44. The highest BCUT2D eigenvalue weighted by Crippen LogP contribution is 2.21. The van der Waals surface area contributed by atoms with E-state index in [-0.39, 0.29) is 0 Å². The quantitative estimate of drug-likeness (QED) is 0.431. The van der Waals surface area contributed by atoms with E-state index in [0.717, 1.165) is 23.8 Å². The van der Waals surface area contributed by atoms with E-state index in [1.165, 1.54) is 0 Å². The van der Waals surface area contributed by atoms with E-state index < -0.39 is 8.32 Å². The first kappa shape index (κ1) is 12.9. The van der Waals surface area contributed by atoms with Crippen LogP contribution in [0.5, 0.6) is 0 Å². The maximum Gasteiger partial charge on any atom is 0.286 e. The second-order valence-corrected chi connectivity index (χ2v) is 8.49. The maximum atomic E-state index is 5.75. The molecule has 0 bridgehead atoms. The summed E-state index contributed by atoms with van der Waals surface area (Å²) in [5.74, 6) is 0. The minimum absolute atomic E-state index is 0.841. The van der Waals surface area contributed by atoms with Crippen LogP contribution in [0.2, 0.25) is 18.1 Å². The molecule has 0 amide bonds. The number of aromatic nitrogens is 1. The summed E-state index contributed by atoms with van der Waals surface area (Å²) in [5, 5.41) is 4.10. The number of pyridine rings is 1. The van der Waals surface area contributed by atoms with Crippen LogP contribution in [0.25, 0.3) is 0 Å². The van der Waals surface area contributed by atoms with Crippen molar-refractivity contribution >= 4 is 14.5 Å². The molecule has 4 heteroatoms. The predicted molar refractivity (Wildman–Crippen MR) is 70.1 cm³/mol. The molecule has 1 aromatic heterocycles. The van der Waals surface area contributed by atoms with Gasteiger partial charge in [-0.3, -0.25) is 4.98 Å². The molecule has 0 fully saturated rings. The molecule has 0 radical (unpaired) electrons. The molecule has 0 aliphatic heterocycles. The van der Waals surface area contributed by atoms with Crippen molar-refractivity contribution in [1.82, 2.24) is 4.98 Å². The summed E-state index contributed by atoms with van der Waals surface area (Å²) < 4.78 is 5.75. The van der Waals surface area contributed by atoms with E-state index in [9.17, 15) is 0 Å². The maximum absolute atomic E-state index is 5.75. The molecule has 3 nitrogen and oxygen atoms in total. The van der Waals surface area contributed by atoms with Gasteiger partial charge in [-0.1, -0.05) is 26.8 Å². The van der Waals surface area contributed by atoms with E-state index >= 15 is 0 Å². The smallest absolute Gasteiger partial charge is 0.286 e. The summed E-state index contributed by atoms with van der Waals surface area (Å²) in [7, 11) is -1.60. The van der Waals surface area contributed by atoms with E-state index in [2.05, 4.69) is 30.9 Å². The van der Waals surface area contributed by atoms with Crippen LogP contribution in [-0.4, -0.2) is 19.5 Å². The number of oxime groups is 1. The zero-order valence-electron chi connectivity index (χ0n) is 10.3. The third-order valence-corrected chi connectivity index (χ3v) is 7.41. The fraction of sp³-hybridized carbons (Fsp3) is 0.500. The summed E-state index contributed by atoms with van der Waals surface area (Å²) in [6.07, 6.45) is 3.45. The summed E-state index contributed by atoms with van der Waals surface area (Å²) in [5.41, 5.74) is 0.841. The topological polar surface area (TPSA) is 34.5 Å². The van der Waals surface area contributed by atoms with Gasteiger partial charge in [-0.15, -0.1) is 5.16 Å². The second kappa shape index (κ2) is 6.43. The molecular formula is C12H20N2OSi. The molecule has 1 aromatic rings. The monoisotopic (exact) mass is 236 g/mol. The molecule has 0 aliphatic rings. The fourth-order valence-electron chi connectivity index (χ4n) is 1.59. The SMILES string of the molecule is CC[Si](CC)(CC)ON=Cc1ccccn1. The number of nitrogens with zero attached hydrogens (tertiary/aromatic N) is 2. The Morgan fingerprint density at radius 3 is 2.44 bits per heavy atom. The van der Waals surface area contributed by atoms with Crippen LogP contribution in [0.3, 0.4) is 0 Å². The zero-order chi connectivity index (χ0) is 11.9. The Balaban J connectivity index is 2.59. The Hall–Kier alpha value is -1.16. The van der Waals surface area contributed by atoms with Gasteiger partial charge in [-0.25, -0.2) is 0 Å². The molecule has 0 saturated carbocycles. The van der Waals surface area contributed by atoms with Crippen molar-refractivity contribution in [3.63, 3.8) is 0 Å². The van der Waals surface area contributed by atoms with Gasteiger partial charge >= 0.3 is 0 Å². The third-order valence-electron chi connectivity index (χ3n) is 3.05. The van der Waals surface area contributed by atoms with Crippen molar-refractivity contribution < 1.29 is 4.53 Å². The van der Waals surface area contributed by atoms with Gasteiger partial charge in [0.15, 0.2) is 0 Å². The van der Waals surface area contributed by atoms with Gasteiger partial charge in [0, 0.05) is 6.20 Å². The Labute approximate surface area is 98.7 Å². The van der Waals surface area contributed by atoms with E-state index in [1.54, 1.807) is 12.4 Å². The highest BCUT2D eigenvalue weighted by atomic mass is 28.4. The molecule has 0 N–H and O–H groups in total. The van der Waals surface area contributed by atoms with E-state index in [0.29, 0.717) is 0 Å². The van der Waals surface area contributed by atoms with Crippen LogP contribution in [0, 0.1) is 0 Å². The van der Waals surface area contributed by atoms with E-state index in [4.69, 9.17) is 4.53 Å². The molecule has 16 heavy (non-hydrogen) atoms. The van der Waals surface area contributed by atoms with Crippen LogP contribution in [0.15, 0.2) is 29.6 Å². The normalized spacial score (nSPS) is 11.9. The van der Waals surface area contributed by atoms with Crippen molar-refractivity contribution in [2.75, 3.05) is 0 Å².